The van der Waals surface area contributed by atoms with Gasteiger partial charge >= 0.3 is 0 Å². The highest BCUT2D eigenvalue weighted by atomic mass is 16.5. The van der Waals surface area contributed by atoms with E-state index in [1.54, 1.807) is 11.8 Å². The van der Waals surface area contributed by atoms with Gasteiger partial charge in [-0.1, -0.05) is 42.5 Å². The molecule has 2 aromatic carbocycles. The number of rotatable bonds is 3. The lowest BCUT2D eigenvalue weighted by Crippen LogP contribution is -2.44. The molecule has 1 aromatic heterocycles. The fraction of sp³-hybridized carbons (Fsp3) is 0.286. The molecule has 1 aliphatic rings. The van der Waals surface area contributed by atoms with Gasteiger partial charge in [0.15, 0.2) is 0 Å². The molecule has 3 aromatic rings. The Morgan fingerprint density at radius 1 is 1.15 bits per heavy atom. The summed E-state index contributed by atoms with van der Waals surface area (Å²) in [7, 11) is 0. The zero-order valence-electron chi connectivity index (χ0n) is 15.2. The first kappa shape index (κ1) is 17.4. The Labute approximate surface area is 157 Å². The Morgan fingerprint density at radius 3 is 2.70 bits per heavy atom. The molecule has 6 nitrogen and oxygen atoms in total. The van der Waals surface area contributed by atoms with Gasteiger partial charge < -0.3 is 9.64 Å². The third-order valence-corrected chi connectivity index (χ3v) is 4.90. The number of aromatic nitrogens is 2. The Balaban J connectivity index is 1.58. The van der Waals surface area contributed by atoms with Gasteiger partial charge in [-0.05, 0) is 24.6 Å². The van der Waals surface area contributed by atoms with Crippen molar-refractivity contribution in [1.82, 2.24) is 14.5 Å². The molecule has 0 spiro atoms. The van der Waals surface area contributed by atoms with E-state index < -0.39 is 0 Å². The zero-order valence-corrected chi connectivity index (χ0v) is 15.2. The SMILES string of the molecule is Cc1nc2ccccc2n(CC(=O)N2CCOC(c3ccccc3)C2)c1=O. The number of morpholine rings is 1. The number of benzene rings is 2. The van der Waals surface area contributed by atoms with Crippen molar-refractivity contribution in [2.45, 2.75) is 19.6 Å². The molecular formula is C21H21N3O3. The number of carbonyl (C=O) groups is 1. The smallest absolute Gasteiger partial charge is 0.272 e. The second-order valence-electron chi connectivity index (χ2n) is 6.69. The van der Waals surface area contributed by atoms with Crippen molar-refractivity contribution in [3.05, 3.63) is 76.2 Å². The summed E-state index contributed by atoms with van der Waals surface area (Å²) in [5, 5.41) is 0. The van der Waals surface area contributed by atoms with Gasteiger partial charge in [-0.2, -0.15) is 0 Å². The maximum absolute atomic E-state index is 12.9. The van der Waals surface area contributed by atoms with E-state index in [0.717, 1.165) is 5.56 Å². The monoisotopic (exact) mass is 363 g/mol. The first-order valence-corrected chi connectivity index (χ1v) is 9.04. The Bertz CT molecular complexity index is 1030. The van der Waals surface area contributed by atoms with Crippen molar-refractivity contribution in [1.29, 1.82) is 0 Å². The average Bonchev–Trinajstić information content (AvgIpc) is 2.72. The van der Waals surface area contributed by atoms with E-state index in [2.05, 4.69) is 4.98 Å². The highest BCUT2D eigenvalue weighted by molar-refractivity contribution is 5.80. The molecule has 0 saturated carbocycles. The molecule has 0 aliphatic carbocycles. The molecular weight excluding hydrogens is 342 g/mol. The van der Waals surface area contributed by atoms with E-state index in [1.807, 2.05) is 54.6 Å². The summed E-state index contributed by atoms with van der Waals surface area (Å²) < 4.78 is 7.36. The number of hydrogen-bond donors (Lipinski definition) is 0. The van der Waals surface area contributed by atoms with Crippen molar-refractivity contribution < 1.29 is 9.53 Å². The Hall–Kier alpha value is -2.99. The standard InChI is InChI=1S/C21H21N3O3/c1-15-21(26)24(18-10-6-5-9-17(18)22-15)14-20(25)23-11-12-27-19(13-23)16-7-3-2-4-8-16/h2-10,19H,11-14H2,1H3. The minimum Gasteiger partial charge on any atom is -0.370 e. The van der Waals surface area contributed by atoms with Crippen LogP contribution in [-0.2, 0) is 16.1 Å². The summed E-state index contributed by atoms with van der Waals surface area (Å²) >= 11 is 0. The fourth-order valence-electron chi connectivity index (χ4n) is 3.46. The summed E-state index contributed by atoms with van der Waals surface area (Å²) in [6.07, 6.45) is -0.142. The van der Waals surface area contributed by atoms with Crippen LogP contribution in [0.25, 0.3) is 11.0 Å². The number of nitrogens with zero attached hydrogens (tertiary/aromatic N) is 3. The lowest BCUT2D eigenvalue weighted by atomic mass is 10.1. The minimum atomic E-state index is -0.227. The molecule has 1 unspecified atom stereocenters. The highest BCUT2D eigenvalue weighted by Crippen LogP contribution is 2.22. The molecule has 0 radical (unpaired) electrons. The summed E-state index contributed by atoms with van der Waals surface area (Å²) in [4.78, 5) is 31.6. The topological polar surface area (TPSA) is 64.4 Å². The van der Waals surface area contributed by atoms with Crippen LogP contribution < -0.4 is 5.56 Å². The van der Waals surface area contributed by atoms with Gasteiger partial charge in [0.1, 0.15) is 18.3 Å². The molecule has 138 valence electrons. The second-order valence-corrected chi connectivity index (χ2v) is 6.69. The molecule has 1 atom stereocenters. The van der Waals surface area contributed by atoms with Gasteiger partial charge in [0.25, 0.3) is 5.56 Å². The predicted octanol–water partition coefficient (Wildman–Crippen LogP) is 2.31. The molecule has 6 heteroatoms. The predicted molar refractivity (Wildman–Crippen MR) is 102 cm³/mol. The molecule has 1 amide bonds. The molecule has 1 aliphatic heterocycles. The Morgan fingerprint density at radius 2 is 1.89 bits per heavy atom. The van der Waals surface area contributed by atoms with Crippen LogP contribution in [0.1, 0.15) is 17.4 Å². The third-order valence-electron chi connectivity index (χ3n) is 4.90. The molecule has 4 rings (SSSR count). The summed E-state index contributed by atoms with van der Waals surface area (Å²) in [6.45, 7) is 3.18. The van der Waals surface area contributed by atoms with E-state index in [1.165, 1.54) is 4.57 Å². The largest absolute Gasteiger partial charge is 0.370 e. The minimum absolute atomic E-state index is 0.00418. The van der Waals surface area contributed by atoms with Crippen LogP contribution in [0.5, 0.6) is 0 Å². The lowest BCUT2D eigenvalue weighted by Gasteiger charge is -2.33. The van der Waals surface area contributed by atoms with Crippen LogP contribution >= 0.6 is 0 Å². The van der Waals surface area contributed by atoms with E-state index in [-0.39, 0.29) is 24.1 Å². The summed E-state index contributed by atoms with van der Waals surface area (Å²) in [6, 6.07) is 17.3. The number of carbonyl (C=O) groups excluding carboxylic acids is 1. The average molecular weight is 363 g/mol. The number of fused-ring (bicyclic) bond motifs is 1. The molecule has 2 heterocycles. The van der Waals surface area contributed by atoms with Crippen LogP contribution in [0.4, 0.5) is 0 Å². The molecule has 0 bridgehead atoms. The van der Waals surface area contributed by atoms with E-state index in [9.17, 15) is 9.59 Å². The number of ether oxygens (including phenoxy) is 1. The van der Waals surface area contributed by atoms with Crippen LogP contribution in [0.2, 0.25) is 0 Å². The number of amides is 1. The van der Waals surface area contributed by atoms with Gasteiger partial charge in [0.05, 0.1) is 24.2 Å². The first-order chi connectivity index (χ1) is 13.1. The maximum Gasteiger partial charge on any atom is 0.272 e. The van der Waals surface area contributed by atoms with Crippen LogP contribution in [0.3, 0.4) is 0 Å². The quantitative estimate of drug-likeness (QED) is 0.716. The van der Waals surface area contributed by atoms with Crippen molar-refractivity contribution >= 4 is 16.9 Å². The van der Waals surface area contributed by atoms with E-state index in [4.69, 9.17) is 4.74 Å². The van der Waals surface area contributed by atoms with E-state index in [0.29, 0.717) is 36.4 Å². The second kappa shape index (κ2) is 7.32. The molecule has 1 saturated heterocycles. The number of hydrogen-bond acceptors (Lipinski definition) is 4. The van der Waals surface area contributed by atoms with Crippen LogP contribution in [0, 0.1) is 6.92 Å². The number of para-hydroxylation sites is 2. The van der Waals surface area contributed by atoms with Crippen molar-refractivity contribution in [2.75, 3.05) is 19.7 Å². The normalized spacial score (nSPS) is 17.2. The van der Waals surface area contributed by atoms with Crippen LogP contribution in [-0.4, -0.2) is 40.1 Å². The van der Waals surface area contributed by atoms with Crippen molar-refractivity contribution in [2.24, 2.45) is 0 Å². The molecule has 0 N–H and O–H groups in total. The van der Waals surface area contributed by atoms with Gasteiger partial charge in [0, 0.05) is 6.54 Å². The van der Waals surface area contributed by atoms with Gasteiger partial charge in [-0.3, -0.25) is 14.2 Å². The van der Waals surface area contributed by atoms with Gasteiger partial charge in [0.2, 0.25) is 5.91 Å². The van der Waals surface area contributed by atoms with E-state index >= 15 is 0 Å². The third kappa shape index (κ3) is 3.48. The summed E-state index contributed by atoms with van der Waals surface area (Å²) in [5.74, 6) is -0.0860. The fourth-order valence-corrected chi connectivity index (χ4v) is 3.46. The molecule has 27 heavy (non-hydrogen) atoms. The van der Waals surface area contributed by atoms with Crippen molar-refractivity contribution in [3.8, 4) is 0 Å². The molecule has 1 fully saturated rings. The maximum atomic E-state index is 12.9. The zero-order chi connectivity index (χ0) is 18.8. The highest BCUT2D eigenvalue weighted by Gasteiger charge is 2.26. The van der Waals surface area contributed by atoms with Crippen molar-refractivity contribution in [3.63, 3.8) is 0 Å². The van der Waals surface area contributed by atoms with Crippen LogP contribution in [0.15, 0.2) is 59.4 Å². The number of aryl methyl sites for hydroxylation is 1. The van der Waals surface area contributed by atoms with Gasteiger partial charge in [-0.25, -0.2) is 4.98 Å². The lowest BCUT2D eigenvalue weighted by molar-refractivity contribution is -0.139. The van der Waals surface area contributed by atoms with Gasteiger partial charge in [-0.15, -0.1) is 0 Å². The first-order valence-electron chi connectivity index (χ1n) is 9.04. The summed E-state index contributed by atoms with van der Waals surface area (Å²) in [5.41, 5.74) is 2.61. The Kier molecular flexibility index (Phi) is 4.73.